The Morgan fingerprint density at radius 1 is 1.21 bits per heavy atom. The van der Waals surface area contributed by atoms with Crippen molar-refractivity contribution >= 4 is 16.7 Å². The summed E-state index contributed by atoms with van der Waals surface area (Å²) in [5.74, 6) is 0.294. The van der Waals surface area contributed by atoms with Crippen LogP contribution in [0.2, 0.25) is 0 Å². The maximum atomic E-state index is 12.0. The Labute approximate surface area is 143 Å². The highest BCUT2D eigenvalue weighted by Crippen LogP contribution is 2.31. The maximum Gasteiger partial charge on any atom is 0.223 e. The van der Waals surface area contributed by atoms with Gasteiger partial charge in [0.1, 0.15) is 0 Å². The fraction of sp³-hybridized carbons (Fsp3) is 0.450. The average Bonchev–Trinajstić information content (AvgIpc) is 2.57. The van der Waals surface area contributed by atoms with Crippen LogP contribution in [0.15, 0.2) is 42.5 Å². The highest BCUT2D eigenvalue weighted by atomic mass is 16.5. The first-order chi connectivity index (χ1) is 11.7. The Morgan fingerprint density at radius 3 is 2.75 bits per heavy atom. The molecule has 0 aliphatic heterocycles. The van der Waals surface area contributed by atoms with Gasteiger partial charge in [-0.15, -0.1) is 0 Å². The van der Waals surface area contributed by atoms with Gasteiger partial charge in [0.05, 0.1) is 6.61 Å². The number of hydrogen-bond acceptors (Lipinski definition) is 3. The number of amides is 1. The third-order valence-electron chi connectivity index (χ3n) is 4.89. The first-order valence-corrected chi connectivity index (χ1v) is 8.69. The first-order valence-electron chi connectivity index (χ1n) is 8.69. The number of ether oxygens (including phenoxy) is 1. The molecule has 0 unspecified atom stereocenters. The normalized spacial score (nSPS) is 21.2. The van der Waals surface area contributed by atoms with Crippen molar-refractivity contribution in [2.45, 2.75) is 31.8 Å². The van der Waals surface area contributed by atoms with Crippen LogP contribution in [0, 0.1) is 5.92 Å². The fourth-order valence-electron chi connectivity index (χ4n) is 3.46. The van der Waals surface area contributed by atoms with Gasteiger partial charge in [0.2, 0.25) is 5.91 Å². The van der Waals surface area contributed by atoms with Crippen molar-refractivity contribution in [2.75, 3.05) is 20.3 Å². The zero-order valence-electron chi connectivity index (χ0n) is 14.4. The summed E-state index contributed by atoms with van der Waals surface area (Å²) in [7, 11) is 1.64. The molecule has 0 spiro atoms. The molecule has 1 atom stereocenters. The summed E-state index contributed by atoms with van der Waals surface area (Å²) >= 11 is 0. The molecule has 2 aromatic rings. The summed E-state index contributed by atoms with van der Waals surface area (Å²) in [4.78, 5) is 12.0. The van der Waals surface area contributed by atoms with E-state index in [-0.39, 0.29) is 17.9 Å². The molecule has 1 aliphatic carbocycles. The van der Waals surface area contributed by atoms with E-state index in [1.165, 1.54) is 16.3 Å². The number of rotatable bonds is 7. The second-order valence-electron chi connectivity index (χ2n) is 6.61. The second kappa shape index (κ2) is 7.77. The van der Waals surface area contributed by atoms with Gasteiger partial charge in [0.25, 0.3) is 0 Å². The van der Waals surface area contributed by atoms with E-state index in [9.17, 15) is 4.79 Å². The van der Waals surface area contributed by atoms with Crippen molar-refractivity contribution in [3.8, 4) is 0 Å². The Balaban J connectivity index is 1.53. The lowest BCUT2D eigenvalue weighted by atomic mass is 9.79. The van der Waals surface area contributed by atoms with Crippen LogP contribution in [0.1, 0.15) is 31.4 Å². The number of methoxy groups -OCH3 is 1. The Kier molecular flexibility index (Phi) is 5.48. The van der Waals surface area contributed by atoms with E-state index in [1.807, 2.05) is 0 Å². The van der Waals surface area contributed by atoms with Crippen LogP contribution in [0.3, 0.4) is 0 Å². The summed E-state index contributed by atoms with van der Waals surface area (Å²) in [5.41, 5.74) is 1.32. The van der Waals surface area contributed by atoms with Gasteiger partial charge in [-0.25, -0.2) is 0 Å². The van der Waals surface area contributed by atoms with E-state index in [0.717, 1.165) is 12.8 Å². The zero-order chi connectivity index (χ0) is 16.9. The molecule has 1 aliphatic rings. The largest absolute Gasteiger partial charge is 0.383 e. The van der Waals surface area contributed by atoms with E-state index in [1.54, 1.807) is 7.11 Å². The Morgan fingerprint density at radius 2 is 1.96 bits per heavy atom. The number of carbonyl (C=O) groups excluding carboxylic acids is 1. The van der Waals surface area contributed by atoms with Gasteiger partial charge < -0.3 is 15.4 Å². The number of hydrogen-bond donors (Lipinski definition) is 2. The van der Waals surface area contributed by atoms with Crippen LogP contribution in [0.5, 0.6) is 0 Å². The van der Waals surface area contributed by atoms with Crippen LogP contribution in [-0.2, 0) is 9.53 Å². The summed E-state index contributed by atoms with van der Waals surface area (Å²) < 4.78 is 4.95. The molecule has 0 aromatic heterocycles. The second-order valence-corrected chi connectivity index (χ2v) is 6.61. The van der Waals surface area contributed by atoms with Crippen molar-refractivity contribution in [1.29, 1.82) is 0 Å². The van der Waals surface area contributed by atoms with E-state index in [4.69, 9.17) is 4.74 Å². The molecule has 1 amide bonds. The molecule has 4 heteroatoms. The molecule has 0 bridgehead atoms. The molecule has 4 nitrogen and oxygen atoms in total. The molecule has 2 aromatic carbocycles. The van der Waals surface area contributed by atoms with Gasteiger partial charge in [0.15, 0.2) is 0 Å². The standard InChI is InChI=1S/C20H26N2O2/c1-14(18-9-5-7-15-6-3-4-8-19(15)18)22-17-12-16(13-17)20(23)21-10-11-24-2/h3-9,14,16-17,22H,10-13H2,1-2H3,(H,21,23)/t14-,16?,17?/m1/s1. The number of fused-ring (bicyclic) bond motifs is 1. The molecule has 128 valence electrons. The highest BCUT2D eigenvalue weighted by molar-refractivity contribution is 5.86. The van der Waals surface area contributed by atoms with Crippen molar-refractivity contribution in [2.24, 2.45) is 5.92 Å². The van der Waals surface area contributed by atoms with Crippen LogP contribution in [-0.4, -0.2) is 32.2 Å². The lowest BCUT2D eigenvalue weighted by Crippen LogP contribution is -2.48. The minimum absolute atomic E-state index is 0.138. The van der Waals surface area contributed by atoms with Gasteiger partial charge in [-0.3, -0.25) is 4.79 Å². The molecule has 0 saturated heterocycles. The molecule has 3 rings (SSSR count). The molecule has 24 heavy (non-hydrogen) atoms. The molecule has 2 N–H and O–H groups in total. The molecule has 0 radical (unpaired) electrons. The zero-order valence-corrected chi connectivity index (χ0v) is 14.4. The number of carbonyl (C=O) groups is 1. The maximum absolute atomic E-state index is 12.0. The van der Waals surface area contributed by atoms with Crippen LogP contribution < -0.4 is 10.6 Å². The van der Waals surface area contributed by atoms with E-state index < -0.39 is 0 Å². The molecule has 1 saturated carbocycles. The quantitative estimate of drug-likeness (QED) is 0.769. The highest BCUT2D eigenvalue weighted by Gasteiger charge is 2.34. The van der Waals surface area contributed by atoms with Gasteiger partial charge >= 0.3 is 0 Å². The van der Waals surface area contributed by atoms with Crippen LogP contribution >= 0.6 is 0 Å². The smallest absolute Gasteiger partial charge is 0.223 e. The van der Waals surface area contributed by atoms with Gasteiger partial charge in [-0.2, -0.15) is 0 Å². The summed E-state index contributed by atoms with van der Waals surface area (Å²) in [6.45, 7) is 3.36. The van der Waals surface area contributed by atoms with E-state index >= 15 is 0 Å². The monoisotopic (exact) mass is 326 g/mol. The SMILES string of the molecule is COCCNC(=O)C1CC(N[C@H](C)c2cccc3ccccc23)C1. The fourth-order valence-corrected chi connectivity index (χ4v) is 3.46. The molecule has 0 heterocycles. The number of nitrogens with one attached hydrogen (secondary N) is 2. The van der Waals surface area contributed by atoms with Gasteiger partial charge in [-0.05, 0) is 36.1 Å². The molecular weight excluding hydrogens is 300 g/mol. The third kappa shape index (κ3) is 3.77. The van der Waals surface area contributed by atoms with Crippen LogP contribution in [0.25, 0.3) is 10.8 Å². The minimum atomic E-state index is 0.138. The predicted octanol–water partition coefficient (Wildman–Crippen LogP) is 3.03. The Hall–Kier alpha value is -1.91. The summed E-state index contributed by atoms with van der Waals surface area (Å²) in [6.07, 6.45) is 1.82. The van der Waals surface area contributed by atoms with E-state index in [2.05, 4.69) is 60.0 Å². The lowest BCUT2D eigenvalue weighted by Gasteiger charge is -2.37. The van der Waals surface area contributed by atoms with E-state index in [0.29, 0.717) is 19.2 Å². The lowest BCUT2D eigenvalue weighted by molar-refractivity contribution is -0.128. The average molecular weight is 326 g/mol. The van der Waals surface area contributed by atoms with Crippen molar-refractivity contribution in [3.63, 3.8) is 0 Å². The van der Waals surface area contributed by atoms with Gasteiger partial charge in [-0.1, -0.05) is 42.5 Å². The Bertz CT molecular complexity index is 690. The topological polar surface area (TPSA) is 50.4 Å². The van der Waals surface area contributed by atoms with Crippen molar-refractivity contribution in [3.05, 3.63) is 48.0 Å². The first kappa shape index (κ1) is 16.9. The molecule has 1 fully saturated rings. The van der Waals surface area contributed by atoms with Crippen molar-refractivity contribution in [1.82, 2.24) is 10.6 Å². The van der Waals surface area contributed by atoms with Crippen molar-refractivity contribution < 1.29 is 9.53 Å². The minimum Gasteiger partial charge on any atom is -0.383 e. The third-order valence-corrected chi connectivity index (χ3v) is 4.89. The van der Waals surface area contributed by atoms with Crippen LogP contribution in [0.4, 0.5) is 0 Å². The predicted molar refractivity (Wildman–Crippen MR) is 96.9 cm³/mol. The number of benzene rings is 2. The summed E-state index contributed by atoms with van der Waals surface area (Å²) in [6, 6.07) is 15.6. The summed E-state index contributed by atoms with van der Waals surface area (Å²) in [5, 5.41) is 9.17. The van der Waals surface area contributed by atoms with Gasteiger partial charge in [0, 0.05) is 31.7 Å². The molecular formula is C20H26N2O2.